The molecule has 7 nitrogen and oxygen atoms in total. The van der Waals surface area contributed by atoms with Crippen molar-refractivity contribution in [2.75, 3.05) is 26.2 Å². The summed E-state index contributed by atoms with van der Waals surface area (Å²) in [5, 5.41) is 3.01. The first kappa shape index (κ1) is 24.9. The van der Waals surface area contributed by atoms with Crippen molar-refractivity contribution in [1.29, 1.82) is 0 Å². The molecule has 7 heteroatoms. The van der Waals surface area contributed by atoms with Crippen LogP contribution in [-0.4, -0.2) is 65.9 Å². The number of hydrogen-bond acceptors (Lipinski definition) is 4. The van der Waals surface area contributed by atoms with E-state index in [0.717, 1.165) is 24.0 Å². The van der Waals surface area contributed by atoms with Crippen molar-refractivity contribution in [3.8, 4) is 0 Å². The third kappa shape index (κ3) is 6.69. The number of rotatable bonds is 6. The Morgan fingerprint density at radius 3 is 2.26 bits per heavy atom. The van der Waals surface area contributed by atoms with Crippen molar-refractivity contribution >= 4 is 17.7 Å². The van der Waals surface area contributed by atoms with Crippen LogP contribution < -0.4 is 5.32 Å². The molecule has 2 heterocycles. The van der Waals surface area contributed by atoms with Crippen LogP contribution in [0.3, 0.4) is 0 Å². The Morgan fingerprint density at radius 1 is 0.886 bits per heavy atom. The topological polar surface area (TPSA) is 79.0 Å². The van der Waals surface area contributed by atoms with E-state index in [4.69, 9.17) is 4.74 Å². The summed E-state index contributed by atoms with van der Waals surface area (Å²) >= 11 is 0. The number of carbonyl (C=O) groups is 3. The number of amides is 3. The molecule has 35 heavy (non-hydrogen) atoms. The molecule has 0 aliphatic carbocycles. The second-order valence-corrected chi connectivity index (χ2v) is 9.72. The van der Waals surface area contributed by atoms with Crippen molar-refractivity contribution in [2.45, 2.75) is 51.9 Å². The summed E-state index contributed by atoms with van der Waals surface area (Å²) in [5.74, 6) is -0.156. The van der Waals surface area contributed by atoms with E-state index in [9.17, 15) is 14.4 Å². The van der Waals surface area contributed by atoms with Crippen LogP contribution in [0.1, 0.15) is 48.2 Å². The lowest BCUT2D eigenvalue weighted by molar-refractivity contribution is -0.135. The monoisotopic (exact) mass is 477 g/mol. The Balaban J connectivity index is 1.26. The first-order valence-corrected chi connectivity index (χ1v) is 12.5. The van der Waals surface area contributed by atoms with Crippen LogP contribution in [0.5, 0.6) is 0 Å². The normalized spacial score (nSPS) is 22.5. The molecule has 0 saturated carbocycles. The van der Waals surface area contributed by atoms with E-state index in [1.807, 2.05) is 78.2 Å². The van der Waals surface area contributed by atoms with Gasteiger partial charge >= 0.3 is 0 Å². The van der Waals surface area contributed by atoms with Gasteiger partial charge in [-0.05, 0) is 49.9 Å². The molecular formula is C28H35N3O4. The average Bonchev–Trinajstić information content (AvgIpc) is 2.87. The standard InChI is InChI=1S/C28H35N3O4/c1-20-17-31(18-21(2)35-20)28(34)24-12-10-23(11-13-24)16-29-27(33)25-9-6-14-30(19-25)26(32)15-22-7-4-3-5-8-22/h3-5,7-8,10-13,20-21,25H,6,9,14-19H2,1-2H3,(H,29,33). The molecule has 186 valence electrons. The molecule has 2 aromatic carbocycles. The number of nitrogens with one attached hydrogen (secondary N) is 1. The van der Waals surface area contributed by atoms with Crippen molar-refractivity contribution in [2.24, 2.45) is 5.92 Å². The zero-order valence-corrected chi connectivity index (χ0v) is 20.6. The quantitative estimate of drug-likeness (QED) is 0.694. The molecule has 0 aromatic heterocycles. The Morgan fingerprint density at radius 2 is 1.57 bits per heavy atom. The minimum Gasteiger partial charge on any atom is -0.372 e. The largest absolute Gasteiger partial charge is 0.372 e. The van der Waals surface area contributed by atoms with Crippen LogP contribution >= 0.6 is 0 Å². The van der Waals surface area contributed by atoms with E-state index in [2.05, 4.69) is 5.32 Å². The molecule has 0 bridgehead atoms. The predicted octanol–water partition coefficient (Wildman–Crippen LogP) is 3.03. The molecule has 3 amide bonds. The van der Waals surface area contributed by atoms with Gasteiger partial charge in [-0.2, -0.15) is 0 Å². The summed E-state index contributed by atoms with van der Waals surface area (Å²) in [7, 11) is 0. The number of ether oxygens (including phenoxy) is 1. The highest BCUT2D eigenvalue weighted by molar-refractivity contribution is 5.94. The summed E-state index contributed by atoms with van der Waals surface area (Å²) < 4.78 is 5.72. The Kier molecular flexibility index (Phi) is 8.18. The van der Waals surface area contributed by atoms with E-state index in [1.165, 1.54) is 0 Å². The van der Waals surface area contributed by atoms with Gasteiger partial charge in [0.15, 0.2) is 0 Å². The zero-order valence-electron chi connectivity index (χ0n) is 20.6. The lowest BCUT2D eigenvalue weighted by Crippen LogP contribution is -2.48. The van der Waals surface area contributed by atoms with Gasteiger partial charge in [-0.1, -0.05) is 42.5 Å². The molecule has 3 atom stereocenters. The summed E-state index contributed by atoms with van der Waals surface area (Å²) in [6.07, 6.45) is 2.03. The molecular weight excluding hydrogens is 442 g/mol. The number of benzene rings is 2. The van der Waals surface area contributed by atoms with Crippen LogP contribution in [0, 0.1) is 5.92 Å². The lowest BCUT2D eigenvalue weighted by atomic mass is 9.96. The summed E-state index contributed by atoms with van der Waals surface area (Å²) in [6, 6.07) is 17.1. The maximum Gasteiger partial charge on any atom is 0.254 e. The van der Waals surface area contributed by atoms with Gasteiger partial charge in [0.1, 0.15) is 0 Å². The van der Waals surface area contributed by atoms with Crippen molar-refractivity contribution in [1.82, 2.24) is 15.1 Å². The van der Waals surface area contributed by atoms with Gasteiger partial charge in [-0.3, -0.25) is 14.4 Å². The average molecular weight is 478 g/mol. The molecule has 2 aromatic rings. The van der Waals surface area contributed by atoms with Crippen LogP contribution in [-0.2, 0) is 27.3 Å². The molecule has 3 unspecified atom stereocenters. The van der Waals surface area contributed by atoms with Gasteiger partial charge in [0.2, 0.25) is 11.8 Å². The summed E-state index contributed by atoms with van der Waals surface area (Å²) in [5.41, 5.74) is 2.57. The maximum atomic E-state index is 12.8. The minimum absolute atomic E-state index is 0.00468. The minimum atomic E-state index is -0.199. The highest BCUT2D eigenvalue weighted by atomic mass is 16.5. The van der Waals surface area contributed by atoms with E-state index in [1.54, 1.807) is 0 Å². The molecule has 0 radical (unpaired) electrons. The summed E-state index contributed by atoms with van der Waals surface area (Å²) in [4.78, 5) is 42.0. The fourth-order valence-corrected chi connectivity index (χ4v) is 4.92. The first-order chi connectivity index (χ1) is 16.9. The maximum absolute atomic E-state index is 12.8. The number of piperidine rings is 1. The lowest BCUT2D eigenvalue weighted by Gasteiger charge is -2.35. The predicted molar refractivity (Wildman–Crippen MR) is 134 cm³/mol. The van der Waals surface area contributed by atoms with Crippen molar-refractivity contribution in [3.05, 3.63) is 71.3 Å². The van der Waals surface area contributed by atoms with E-state index < -0.39 is 0 Å². The third-order valence-corrected chi connectivity index (χ3v) is 6.72. The van der Waals surface area contributed by atoms with E-state index >= 15 is 0 Å². The Bertz CT molecular complexity index is 1010. The zero-order chi connectivity index (χ0) is 24.8. The molecule has 1 N–H and O–H groups in total. The highest BCUT2D eigenvalue weighted by Gasteiger charge is 2.29. The SMILES string of the molecule is CC1CN(C(=O)c2ccc(CNC(=O)C3CCCN(C(=O)Cc4ccccc4)C3)cc2)CC(C)O1. The number of likely N-dealkylation sites (tertiary alicyclic amines) is 1. The first-order valence-electron chi connectivity index (χ1n) is 12.5. The fourth-order valence-electron chi connectivity index (χ4n) is 4.92. The molecule has 2 aliphatic rings. The molecule has 0 spiro atoms. The van der Waals surface area contributed by atoms with Gasteiger partial charge in [-0.25, -0.2) is 0 Å². The number of hydrogen-bond donors (Lipinski definition) is 1. The molecule has 2 fully saturated rings. The van der Waals surface area contributed by atoms with Gasteiger partial charge in [0.25, 0.3) is 5.91 Å². The van der Waals surface area contributed by atoms with E-state index in [0.29, 0.717) is 44.7 Å². The second kappa shape index (κ2) is 11.5. The number of nitrogens with zero attached hydrogens (tertiary/aromatic N) is 2. The molecule has 2 aliphatic heterocycles. The van der Waals surface area contributed by atoms with Gasteiger partial charge in [-0.15, -0.1) is 0 Å². The van der Waals surface area contributed by atoms with Crippen LogP contribution in [0.2, 0.25) is 0 Å². The van der Waals surface area contributed by atoms with Gasteiger partial charge in [0.05, 0.1) is 24.5 Å². The van der Waals surface area contributed by atoms with Gasteiger partial charge in [0, 0.05) is 38.3 Å². The van der Waals surface area contributed by atoms with Gasteiger partial charge < -0.3 is 19.9 Å². The van der Waals surface area contributed by atoms with E-state index in [-0.39, 0.29) is 35.8 Å². The highest BCUT2D eigenvalue weighted by Crippen LogP contribution is 2.19. The fraction of sp³-hybridized carbons (Fsp3) is 0.464. The van der Waals surface area contributed by atoms with Crippen LogP contribution in [0.25, 0.3) is 0 Å². The van der Waals surface area contributed by atoms with Crippen LogP contribution in [0.4, 0.5) is 0 Å². The molecule has 4 rings (SSSR count). The number of morpholine rings is 1. The number of carbonyl (C=O) groups excluding carboxylic acids is 3. The van der Waals surface area contributed by atoms with Crippen molar-refractivity contribution in [3.63, 3.8) is 0 Å². The third-order valence-electron chi connectivity index (χ3n) is 6.72. The van der Waals surface area contributed by atoms with Crippen molar-refractivity contribution < 1.29 is 19.1 Å². The summed E-state index contributed by atoms with van der Waals surface area (Å²) in [6.45, 7) is 6.69. The Labute approximate surface area is 207 Å². The van der Waals surface area contributed by atoms with Crippen LogP contribution in [0.15, 0.2) is 54.6 Å². The second-order valence-electron chi connectivity index (χ2n) is 9.72. The Hall–Kier alpha value is -3.19. The molecule has 2 saturated heterocycles. The smallest absolute Gasteiger partial charge is 0.254 e.